The molecule has 0 fully saturated rings. The smallest absolute Gasteiger partial charge is 0.331 e. The minimum atomic E-state index is -0.871. The van der Waals surface area contributed by atoms with Crippen LogP contribution in [0.3, 0.4) is 0 Å². The van der Waals surface area contributed by atoms with Gasteiger partial charge in [0.15, 0.2) is 0 Å². The van der Waals surface area contributed by atoms with Gasteiger partial charge in [-0.2, -0.15) is 0 Å². The molecule has 0 aliphatic heterocycles. The van der Waals surface area contributed by atoms with E-state index in [2.05, 4.69) is 6.58 Å². The second-order valence-corrected chi connectivity index (χ2v) is 3.59. The van der Waals surface area contributed by atoms with Gasteiger partial charge in [-0.25, -0.2) is 4.79 Å². The highest BCUT2D eigenvalue weighted by atomic mass is 16.4. The van der Waals surface area contributed by atoms with E-state index in [1.807, 2.05) is 36.4 Å². The first-order valence-corrected chi connectivity index (χ1v) is 5.50. The lowest BCUT2D eigenvalue weighted by atomic mass is 10.1. The van der Waals surface area contributed by atoms with Gasteiger partial charge >= 0.3 is 5.97 Å². The Hall–Kier alpha value is -2.09. The van der Waals surface area contributed by atoms with Crippen LogP contribution in [0.25, 0.3) is 6.08 Å². The molecule has 0 saturated carbocycles. The molecule has 2 nitrogen and oxygen atoms in total. The maximum Gasteiger partial charge on any atom is 0.331 e. The SMILES string of the molecule is C=CCCC(=CC=Cc1ccccc1)C(=O)O. The summed E-state index contributed by atoms with van der Waals surface area (Å²) in [6.07, 6.45) is 8.20. The maximum absolute atomic E-state index is 10.9. The van der Waals surface area contributed by atoms with Gasteiger partial charge in [-0.15, -0.1) is 6.58 Å². The average Bonchev–Trinajstić information content (AvgIpc) is 2.34. The van der Waals surface area contributed by atoms with Crippen molar-refractivity contribution in [1.29, 1.82) is 0 Å². The van der Waals surface area contributed by atoms with E-state index < -0.39 is 5.97 Å². The zero-order valence-electron chi connectivity index (χ0n) is 9.67. The number of hydrogen-bond acceptors (Lipinski definition) is 1. The molecule has 1 N–H and O–H groups in total. The Kier molecular flexibility index (Phi) is 5.52. The molecule has 2 heteroatoms. The standard InChI is InChI=1S/C15H16O2/c1-2-3-11-14(15(16)17)12-7-10-13-8-5-4-6-9-13/h2,4-10,12H,1,3,11H2,(H,16,17). The van der Waals surface area contributed by atoms with E-state index in [-0.39, 0.29) is 0 Å². The topological polar surface area (TPSA) is 37.3 Å². The molecule has 0 bridgehead atoms. The van der Waals surface area contributed by atoms with Gasteiger partial charge in [0.25, 0.3) is 0 Å². The molecule has 88 valence electrons. The zero-order valence-corrected chi connectivity index (χ0v) is 9.67. The third-order valence-corrected chi connectivity index (χ3v) is 2.28. The lowest BCUT2D eigenvalue weighted by molar-refractivity contribution is -0.132. The van der Waals surface area contributed by atoms with E-state index in [9.17, 15) is 4.79 Å². The summed E-state index contributed by atoms with van der Waals surface area (Å²) in [5.41, 5.74) is 1.45. The number of carboxylic acid groups (broad SMARTS) is 1. The van der Waals surface area contributed by atoms with Crippen molar-refractivity contribution in [2.24, 2.45) is 0 Å². The van der Waals surface area contributed by atoms with Gasteiger partial charge in [-0.1, -0.05) is 54.6 Å². The second kappa shape index (κ2) is 7.23. The Morgan fingerprint density at radius 3 is 2.59 bits per heavy atom. The quantitative estimate of drug-likeness (QED) is 0.458. The molecule has 1 aromatic rings. The van der Waals surface area contributed by atoms with E-state index in [0.717, 1.165) is 5.56 Å². The first-order chi connectivity index (χ1) is 8.24. The van der Waals surface area contributed by atoms with Crippen molar-refractivity contribution in [3.05, 3.63) is 66.3 Å². The number of benzene rings is 1. The van der Waals surface area contributed by atoms with Gasteiger partial charge in [0, 0.05) is 5.57 Å². The molecule has 17 heavy (non-hydrogen) atoms. The molecule has 1 aromatic carbocycles. The van der Waals surface area contributed by atoms with Crippen molar-refractivity contribution < 1.29 is 9.90 Å². The average molecular weight is 228 g/mol. The summed E-state index contributed by atoms with van der Waals surface area (Å²) >= 11 is 0. The summed E-state index contributed by atoms with van der Waals surface area (Å²) < 4.78 is 0. The molecule has 0 radical (unpaired) electrons. The molecule has 0 spiro atoms. The van der Waals surface area contributed by atoms with Crippen LogP contribution in [0, 0.1) is 0 Å². The highest BCUT2D eigenvalue weighted by Crippen LogP contribution is 2.07. The summed E-state index contributed by atoms with van der Waals surface area (Å²) in [7, 11) is 0. The zero-order chi connectivity index (χ0) is 12.5. The van der Waals surface area contributed by atoms with Crippen molar-refractivity contribution in [2.45, 2.75) is 12.8 Å². The van der Waals surface area contributed by atoms with E-state index in [1.165, 1.54) is 0 Å². The van der Waals surface area contributed by atoms with Crippen LogP contribution in [-0.4, -0.2) is 11.1 Å². The Morgan fingerprint density at radius 1 is 1.29 bits per heavy atom. The van der Waals surface area contributed by atoms with Crippen molar-refractivity contribution >= 4 is 12.0 Å². The summed E-state index contributed by atoms with van der Waals surface area (Å²) in [6.45, 7) is 3.58. The van der Waals surface area contributed by atoms with E-state index in [1.54, 1.807) is 18.2 Å². The van der Waals surface area contributed by atoms with E-state index >= 15 is 0 Å². The Labute approximate surface area is 102 Å². The van der Waals surface area contributed by atoms with Crippen LogP contribution in [0.2, 0.25) is 0 Å². The molecule has 1 rings (SSSR count). The minimum Gasteiger partial charge on any atom is -0.478 e. The fraction of sp³-hybridized carbons (Fsp3) is 0.133. The summed E-state index contributed by atoms with van der Waals surface area (Å²) in [4.78, 5) is 10.9. The van der Waals surface area contributed by atoms with Crippen LogP contribution in [0.15, 0.2) is 60.7 Å². The predicted molar refractivity (Wildman–Crippen MR) is 70.6 cm³/mol. The van der Waals surface area contributed by atoms with Crippen LogP contribution < -0.4 is 0 Å². The summed E-state index contributed by atoms with van der Waals surface area (Å²) in [5.74, 6) is -0.871. The minimum absolute atomic E-state index is 0.400. The monoisotopic (exact) mass is 228 g/mol. The lowest BCUT2D eigenvalue weighted by Crippen LogP contribution is -1.99. The van der Waals surface area contributed by atoms with Crippen LogP contribution in [0.5, 0.6) is 0 Å². The van der Waals surface area contributed by atoms with Gasteiger partial charge in [0.2, 0.25) is 0 Å². The number of rotatable bonds is 6. The second-order valence-electron chi connectivity index (χ2n) is 3.59. The van der Waals surface area contributed by atoms with Crippen LogP contribution in [0.1, 0.15) is 18.4 Å². The van der Waals surface area contributed by atoms with Crippen molar-refractivity contribution in [2.75, 3.05) is 0 Å². The maximum atomic E-state index is 10.9. The van der Waals surface area contributed by atoms with E-state index in [0.29, 0.717) is 18.4 Å². The normalized spacial score (nSPS) is 11.6. The van der Waals surface area contributed by atoms with Crippen molar-refractivity contribution in [3.8, 4) is 0 Å². The third-order valence-electron chi connectivity index (χ3n) is 2.28. The predicted octanol–water partition coefficient (Wildman–Crippen LogP) is 3.68. The fourth-order valence-corrected chi connectivity index (χ4v) is 1.36. The highest BCUT2D eigenvalue weighted by Gasteiger charge is 2.03. The van der Waals surface area contributed by atoms with Crippen LogP contribution >= 0.6 is 0 Å². The van der Waals surface area contributed by atoms with Gasteiger partial charge in [0.05, 0.1) is 0 Å². The van der Waals surface area contributed by atoms with Gasteiger partial charge in [-0.05, 0) is 18.4 Å². The van der Waals surface area contributed by atoms with Gasteiger partial charge in [0.1, 0.15) is 0 Å². The number of carbonyl (C=O) groups is 1. The van der Waals surface area contributed by atoms with Crippen molar-refractivity contribution in [3.63, 3.8) is 0 Å². The Morgan fingerprint density at radius 2 is 2.00 bits per heavy atom. The molecule has 0 unspecified atom stereocenters. The number of aliphatic carboxylic acids is 1. The largest absolute Gasteiger partial charge is 0.478 e. The van der Waals surface area contributed by atoms with E-state index in [4.69, 9.17) is 5.11 Å². The van der Waals surface area contributed by atoms with Crippen LogP contribution in [0.4, 0.5) is 0 Å². The molecule has 0 aromatic heterocycles. The summed E-state index contributed by atoms with van der Waals surface area (Å²) in [5, 5.41) is 8.96. The Bertz CT molecular complexity index is 427. The summed E-state index contributed by atoms with van der Waals surface area (Å²) in [6, 6.07) is 9.77. The first-order valence-electron chi connectivity index (χ1n) is 5.50. The molecule has 0 saturated heterocycles. The van der Waals surface area contributed by atoms with Gasteiger partial charge in [-0.3, -0.25) is 0 Å². The molecular formula is C15H16O2. The third kappa shape index (κ3) is 4.98. The molecule has 0 amide bonds. The number of carboxylic acids is 1. The molecule has 0 heterocycles. The lowest BCUT2D eigenvalue weighted by Gasteiger charge is -1.97. The van der Waals surface area contributed by atoms with Crippen LogP contribution in [-0.2, 0) is 4.79 Å². The highest BCUT2D eigenvalue weighted by molar-refractivity contribution is 5.87. The fourth-order valence-electron chi connectivity index (χ4n) is 1.36. The van der Waals surface area contributed by atoms with Crippen molar-refractivity contribution in [1.82, 2.24) is 0 Å². The first kappa shape index (κ1) is 13.0. The van der Waals surface area contributed by atoms with Gasteiger partial charge < -0.3 is 5.11 Å². The number of hydrogen-bond donors (Lipinski definition) is 1. The number of allylic oxidation sites excluding steroid dienone is 3. The molecule has 0 aliphatic rings. The molecular weight excluding hydrogens is 212 g/mol. The molecule has 0 aliphatic carbocycles. The Balaban J connectivity index is 2.69. The molecule has 0 atom stereocenters.